The maximum absolute atomic E-state index is 12.1. The van der Waals surface area contributed by atoms with E-state index >= 15 is 0 Å². The summed E-state index contributed by atoms with van der Waals surface area (Å²) in [5, 5.41) is 11.9. The molecule has 0 aliphatic rings. The molecule has 7 heteroatoms. The Morgan fingerprint density at radius 2 is 1.92 bits per heavy atom. The maximum atomic E-state index is 12.1. The second kappa shape index (κ2) is 7.74. The summed E-state index contributed by atoms with van der Waals surface area (Å²) >= 11 is 1.35. The molecule has 0 unspecified atom stereocenters. The van der Waals surface area contributed by atoms with E-state index in [-0.39, 0.29) is 11.7 Å². The largest absolute Gasteiger partial charge is 0.310 e. The van der Waals surface area contributed by atoms with Gasteiger partial charge in [-0.3, -0.25) is 9.36 Å². The van der Waals surface area contributed by atoms with Crippen molar-refractivity contribution in [1.29, 1.82) is 0 Å². The van der Waals surface area contributed by atoms with Crippen LogP contribution < -0.4 is 5.32 Å². The van der Waals surface area contributed by atoms with Crippen LogP contribution in [0.4, 0.5) is 5.82 Å². The number of hydrogen-bond donors (Lipinski definition) is 1. The number of pyridine rings is 1. The van der Waals surface area contributed by atoms with E-state index in [2.05, 4.69) is 20.5 Å². The molecular weight excluding hydrogens is 322 g/mol. The van der Waals surface area contributed by atoms with Gasteiger partial charge in [0, 0.05) is 18.3 Å². The summed E-state index contributed by atoms with van der Waals surface area (Å²) in [6.07, 6.45) is 2.41. The number of anilines is 1. The Morgan fingerprint density at radius 1 is 1.12 bits per heavy atom. The highest BCUT2D eigenvalue weighted by Crippen LogP contribution is 2.22. The number of hydrogen-bond acceptors (Lipinski definition) is 5. The Bertz CT molecular complexity index is 804. The van der Waals surface area contributed by atoms with Gasteiger partial charge in [-0.05, 0) is 24.3 Å². The number of rotatable bonds is 6. The first kappa shape index (κ1) is 16.2. The van der Waals surface area contributed by atoms with Crippen LogP contribution in [-0.2, 0) is 11.2 Å². The number of nitrogens with one attached hydrogen (secondary N) is 1. The molecule has 1 N–H and O–H groups in total. The highest BCUT2D eigenvalue weighted by molar-refractivity contribution is 7.99. The number of para-hydroxylation sites is 1. The number of nitrogens with zero attached hydrogens (tertiary/aromatic N) is 4. The van der Waals surface area contributed by atoms with E-state index in [1.807, 2.05) is 47.9 Å². The summed E-state index contributed by atoms with van der Waals surface area (Å²) in [4.78, 5) is 16.2. The molecule has 2 heterocycles. The van der Waals surface area contributed by atoms with Crippen molar-refractivity contribution in [1.82, 2.24) is 19.7 Å². The van der Waals surface area contributed by atoms with Gasteiger partial charge in [0.1, 0.15) is 11.6 Å². The third kappa shape index (κ3) is 3.80. The average Bonchev–Trinajstić information content (AvgIpc) is 3.04. The molecule has 0 fully saturated rings. The quantitative estimate of drug-likeness (QED) is 0.699. The highest BCUT2D eigenvalue weighted by atomic mass is 32.2. The lowest BCUT2D eigenvalue weighted by molar-refractivity contribution is -0.113. The summed E-state index contributed by atoms with van der Waals surface area (Å²) in [5.41, 5.74) is 0.993. The van der Waals surface area contributed by atoms with Gasteiger partial charge in [0.25, 0.3) is 0 Å². The molecular formula is C17H17N5OS. The van der Waals surface area contributed by atoms with Gasteiger partial charge in [0.05, 0.1) is 5.75 Å². The lowest BCUT2D eigenvalue weighted by atomic mass is 10.3. The molecule has 24 heavy (non-hydrogen) atoms. The molecule has 1 aromatic carbocycles. The standard InChI is InChI=1S/C17H17N5OS/c1-2-15-20-21-17(22(15)13-8-4-3-5-9-13)24-12-16(23)19-14-10-6-7-11-18-14/h3-11H,2,12H2,1H3,(H,18,19,23). The zero-order valence-electron chi connectivity index (χ0n) is 13.2. The van der Waals surface area contributed by atoms with Crippen LogP contribution >= 0.6 is 11.8 Å². The summed E-state index contributed by atoms with van der Waals surface area (Å²) in [5.74, 6) is 1.53. The predicted octanol–water partition coefficient (Wildman–Crippen LogP) is 2.96. The number of benzene rings is 1. The Morgan fingerprint density at radius 3 is 2.62 bits per heavy atom. The van der Waals surface area contributed by atoms with Gasteiger partial charge in [-0.1, -0.05) is 43.0 Å². The minimum Gasteiger partial charge on any atom is -0.310 e. The van der Waals surface area contributed by atoms with Gasteiger partial charge in [0.2, 0.25) is 5.91 Å². The Labute approximate surface area is 144 Å². The number of thioether (sulfide) groups is 1. The molecule has 0 bridgehead atoms. The van der Waals surface area contributed by atoms with E-state index in [1.165, 1.54) is 11.8 Å². The van der Waals surface area contributed by atoms with Gasteiger partial charge in [-0.15, -0.1) is 10.2 Å². The molecule has 0 saturated carbocycles. The second-order valence-electron chi connectivity index (χ2n) is 4.98. The van der Waals surface area contributed by atoms with Crippen molar-refractivity contribution in [2.24, 2.45) is 0 Å². The Balaban J connectivity index is 1.72. The Kier molecular flexibility index (Phi) is 5.22. The zero-order chi connectivity index (χ0) is 16.8. The van der Waals surface area contributed by atoms with Gasteiger partial charge < -0.3 is 5.32 Å². The zero-order valence-corrected chi connectivity index (χ0v) is 14.0. The maximum Gasteiger partial charge on any atom is 0.236 e. The summed E-state index contributed by atoms with van der Waals surface area (Å²) < 4.78 is 1.98. The molecule has 2 aromatic heterocycles. The van der Waals surface area contributed by atoms with Crippen molar-refractivity contribution in [3.63, 3.8) is 0 Å². The van der Waals surface area contributed by atoms with Crippen LogP contribution in [-0.4, -0.2) is 31.4 Å². The number of aryl methyl sites for hydroxylation is 1. The van der Waals surface area contributed by atoms with E-state index in [0.717, 1.165) is 17.9 Å². The molecule has 122 valence electrons. The molecule has 0 aliphatic heterocycles. The van der Waals surface area contributed by atoms with E-state index in [9.17, 15) is 4.79 Å². The predicted molar refractivity (Wildman–Crippen MR) is 94.3 cm³/mol. The normalized spacial score (nSPS) is 10.5. The Hall–Kier alpha value is -2.67. The third-order valence-corrected chi connectivity index (χ3v) is 4.22. The van der Waals surface area contributed by atoms with Crippen molar-refractivity contribution in [3.8, 4) is 5.69 Å². The van der Waals surface area contributed by atoms with Crippen LogP contribution in [0.5, 0.6) is 0 Å². The monoisotopic (exact) mass is 339 g/mol. The number of carbonyl (C=O) groups is 1. The van der Waals surface area contributed by atoms with Crippen LogP contribution in [0.25, 0.3) is 5.69 Å². The van der Waals surface area contributed by atoms with Crippen LogP contribution in [0.15, 0.2) is 59.9 Å². The third-order valence-electron chi connectivity index (χ3n) is 3.30. The molecule has 0 aliphatic carbocycles. The first-order chi connectivity index (χ1) is 11.8. The fourth-order valence-electron chi connectivity index (χ4n) is 2.20. The van der Waals surface area contributed by atoms with E-state index in [0.29, 0.717) is 11.0 Å². The van der Waals surface area contributed by atoms with Gasteiger partial charge in [0.15, 0.2) is 5.16 Å². The first-order valence-corrected chi connectivity index (χ1v) is 8.60. The second-order valence-corrected chi connectivity index (χ2v) is 5.92. The van der Waals surface area contributed by atoms with Crippen LogP contribution in [0.3, 0.4) is 0 Å². The topological polar surface area (TPSA) is 72.7 Å². The van der Waals surface area contributed by atoms with E-state index in [4.69, 9.17) is 0 Å². The first-order valence-electron chi connectivity index (χ1n) is 7.61. The smallest absolute Gasteiger partial charge is 0.236 e. The number of carbonyl (C=O) groups excluding carboxylic acids is 1. The lowest BCUT2D eigenvalue weighted by Crippen LogP contribution is -2.15. The van der Waals surface area contributed by atoms with Crippen LogP contribution in [0, 0.1) is 0 Å². The van der Waals surface area contributed by atoms with Crippen LogP contribution in [0.2, 0.25) is 0 Å². The average molecular weight is 339 g/mol. The van der Waals surface area contributed by atoms with Crippen LogP contribution in [0.1, 0.15) is 12.7 Å². The van der Waals surface area contributed by atoms with Gasteiger partial charge in [-0.25, -0.2) is 4.98 Å². The van der Waals surface area contributed by atoms with Gasteiger partial charge >= 0.3 is 0 Å². The minimum atomic E-state index is -0.126. The fourth-order valence-corrected chi connectivity index (χ4v) is 2.98. The van der Waals surface area contributed by atoms with Crippen molar-refractivity contribution in [2.75, 3.05) is 11.1 Å². The van der Waals surface area contributed by atoms with Crippen molar-refractivity contribution >= 4 is 23.5 Å². The molecule has 1 amide bonds. The lowest BCUT2D eigenvalue weighted by Gasteiger charge is -2.09. The molecule has 0 spiro atoms. The summed E-state index contributed by atoms with van der Waals surface area (Å²) in [7, 11) is 0. The van der Waals surface area contributed by atoms with Crippen molar-refractivity contribution in [2.45, 2.75) is 18.5 Å². The molecule has 0 radical (unpaired) electrons. The fraction of sp³-hybridized carbons (Fsp3) is 0.176. The summed E-state index contributed by atoms with van der Waals surface area (Å²) in [6, 6.07) is 15.3. The molecule has 0 saturated heterocycles. The minimum absolute atomic E-state index is 0.126. The van der Waals surface area contributed by atoms with E-state index in [1.54, 1.807) is 18.3 Å². The number of aromatic nitrogens is 4. The van der Waals surface area contributed by atoms with Gasteiger partial charge in [-0.2, -0.15) is 0 Å². The highest BCUT2D eigenvalue weighted by Gasteiger charge is 2.14. The molecule has 3 rings (SSSR count). The molecule has 6 nitrogen and oxygen atoms in total. The van der Waals surface area contributed by atoms with Crippen molar-refractivity contribution < 1.29 is 4.79 Å². The van der Waals surface area contributed by atoms with Crippen molar-refractivity contribution in [3.05, 3.63) is 60.6 Å². The molecule has 0 atom stereocenters. The summed E-state index contributed by atoms with van der Waals surface area (Å²) in [6.45, 7) is 2.03. The SMILES string of the molecule is CCc1nnc(SCC(=O)Nc2ccccn2)n1-c1ccccc1. The van der Waals surface area contributed by atoms with E-state index < -0.39 is 0 Å². The number of amides is 1. The molecule has 3 aromatic rings.